The van der Waals surface area contributed by atoms with E-state index in [4.69, 9.17) is 47.1 Å². The van der Waals surface area contributed by atoms with Crippen molar-refractivity contribution in [2.75, 3.05) is 119 Å². The fourth-order valence-corrected chi connectivity index (χ4v) is 4.22. The standard InChI is InChI=1S/C31H64O11Si/c1-7-8-9-10-11-30(32)41-28-26-39-24-22-37-20-18-35-16-14-33-12-13-34-15-17-36-19-21-38-23-25-40-27-29-42-43(5,6)31(2,3)4/h7-29H2,1-6H3. The van der Waals surface area contributed by atoms with Gasteiger partial charge in [0.15, 0.2) is 8.32 Å². The zero-order valence-electron chi connectivity index (χ0n) is 28.3. The lowest BCUT2D eigenvalue weighted by atomic mass is 10.2. The highest BCUT2D eigenvalue weighted by Gasteiger charge is 2.36. The molecule has 0 saturated heterocycles. The molecule has 0 heterocycles. The van der Waals surface area contributed by atoms with Crippen LogP contribution in [0.3, 0.4) is 0 Å². The quantitative estimate of drug-likeness (QED) is 0.0568. The van der Waals surface area contributed by atoms with Crippen molar-refractivity contribution in [1.82, 2.24) is 0 Å². The first-order valence-electron chi connectivity index (χ1n) is 16.1. The normalized spacial score (nSPS) is 12.2. The monoisotopic (exact) mass is 640 g/mol. The lowest BCUT2D eigenvalue weighted by Gasteiger charge is -2.36. The van der Waals surface area contributed by atoms with Crippen molar-refractivity contribution < 1.29 is 51.9 Å². The Balaban J connectivity index is 3.17. The smallest absolute Gasteiger partial charge is 0.305 e. The van der Waals surface area contributed by atoms with E-state index in [1.165, 1.54) is 0 Å². The van der Waals surface area contributed by atoms with E-state index in [0.717, 1.165) is 25.7 Å². The Morgan fingerprint density at radius 1 is 0.488 bits per heavy atom. The van der Waals surface area contributed by atoms with E-state index in [1.54, 1.807) is 0 Å². The van der Waals surface area contributed by atoms with E-state index in [9.17, 15) is 4.79 Å². The van der Waals surface area contributed by atoms with Gasteiger partial charge >= 0.3 is 5.97 Å². The summed E-state index contributed by atoms with van der Waals surface area (Å²) in [5.74, 6) is -0.149. The molecule has 0 aromatic carbocycles. The fraction of sp³-hybridized carbons (Fsp3) is 0.968. The molecule has 0 radical (unpaired) electrons. The molecule has 258 valence electrons. The van der Waals surface area contributed by atoms with Gasteiger partial charge in [-0.3, -0.25) is 4.79 Å². The molecule has 0 N–H and O–H groups in total. The van der Waals surface area contributed by atoms with Crippen molar-refractivity contribution in [3.05, 3.63) is 0 Å². The topological polar surface area (TPSA) is 109 Å². The molecule has 0 spiro atoms. The Bertz CT molecular complexity index is 603. The van der Waals surface area contributed by atoms with Gasteiger partial charge in [0.2, 0.25) is 0 Å². The predicted octanol–water partition coefficient (Wildman–Crippen LogP) is 4.65. The van der Waals surface area contributed by atoms with Crippen LogP contribution in [-0.4, -0.2) is 133 Å². The molecule has 12 heteroatoms. The van der Waals surface area contributed by atoms with Crippen LogP contribution in [0.15, 0.2) is 0 Å². The maximum atomic E-state index is 11.5. The van der Waals surface area contributed by atoms with Crippen LogP contribution in [-0.2, 0) is 51.9 Å². The van der Waals surface area contributed by atoms with Crippen LogP contribution in [0.2, 0.25) is 18.1 Å². The molecular weight excluding hydrogens is 576 g/mol. The van der Waals surface area contributed by atoms with E-state index in [2.05, 4.69) is 40.8 Å². The van der Waals surface area contributed by atoms with Crippen LogP contribution in [0.5, 0.6) is 0 Å². The summed E-state index contributed by atoms with van der Waals surface area (Å²) in [5.41, 5.74) is 0. The van der Waals surface area contributed by atoms with E-state index >= 15 is 0 Å². The summed E-state index contributed by atoms with van der Waals surface area (Å²) in [7, 11) is -1.70. The van der Waals surface area contributed by atoms with Crippen LogP contribution in [0.25, 0.3) is 0 Å². The molecule has 0 aliphatic heterocycles. The van der Waals surface area contributed by atoms with Crippen molar-refractivity contribution >= 4 is 14.3 Å². The van der Waals surface area contributed by atoms with Gasteiger partial charge in [-0.05, 0) is 24.6 Å². The van der Waals surface area contributed by atoms with Crippen LogP contribution >= 0.6 is 0 Å². The SMILES string of the molecule is CCCCCCC(=O)OCCOCCOCCOCCOCCOCCOCCOCCOCCO[Si](C)(C)C(C)(C)C. The minimum atomic E-state index is -1.70. The summed E-state index contributed by atoms with van der Waals surface area (Å²) < 4.78 is 55.1. The van der Waals surface area contributed by atoms with Crippen molar-refractivity contribution in [2.45, 2.75) is 77.9 Å². The zero-order valence-corrected chi connectivity index (χ0v) is 29.3. The van der Waals surface area contributed by atoms with Gasteiger partial charge in [0.1, 0.15) is 6.61 Å². The second-order valence-electron chi connectivity index (χ2n) is 11.5. The molecule has 0 fully saturated rings. The molecule has 0 aromatic rings. The summed E-state index contributed by atoms with van der Waals surface area (Å²) in [6.45, 7) is 22.4. The molecular formula is C31H64O11Si. The predicted molar refractivity (Wildman–Crippen MR) is 169 cm³/mol. The first-order valence-corrected chi connectivity index (χ1v) is 19.0. The van der Waals surface area contributed by atoms with Gasteiger partial charge in [0.05, 0.1) is 112 Å². The summed E-state index contributed by atoms with van der Waals surface area (Å²) in [6, 6.07) is 0. The number of esters is 1. The van der Waals surface area contributed by atoms with E-state index in [1.807, 2.05) is 0 Å². The number of hydrogen-bond donors (Lipinski definition) is 0. The molecule has 0 bridgehead atoms. The Morgan fingerprint density at radius 3 is 1.14 bits per heavy atom. The lowest BCUT2D eigenvalue weighted by Crippen LogP contribution is -2.41. The highest BCUT2D eigenvalue weighted by molar-refractivity contribution is 6.74. The largest absolute Gasteiger partial charge is 0.463 e. The number of rotatable bonds is 33. The molecule has 0 rings (SSSR count). The Morgan fingerprint density at radius 2 is 0.814 bits per heavy atom. The van der Waals surface area contributed by atoms with E-state index < -0.39 is 8.32 Å². The third-order valence-corrected chi connectivity index (χ3v) is 11.4. The van der Waals surface area contributed by atoms with Crippen LogP contribution in [0.4, 0.5) is 0 Å². The molecule has 0 saturated carbocycles. The highest BCUT2D eigenvalue weighted by atomic mass is 28.4. The highest BCUT2D eigenvalue weighted by Crippen LogP contribution is 2.36. The summed E-state index contributed by atoms with van der Waals surface area (Å²) >= 11 is 0. The number of carbonyl (C=O) groups is 1. The van der Waals surface area contributed by atoms with Crippen LogP contribution in [0, 0.1) is 0 Å². The van der Waals surface area contributed by atoms with Gasteiger partial charge in [-0.1, -0.05) is 47.0 Å². The molecule has 0 unspecified atom stereocenters. The van der Waals surface area contributed by atoms with Crippen LogP contribution in [0.1, 0.15) is 59.8 Å². The maximum Gasteiger partial charge on any atom is 0.305 e. The molecule has 0 amide bonds. The molecule has 11 nitrogen and oxygen atoms in total. The van der Waals surface area contributed by atoms with Crippen molar-refractivity contribution in [3.8, 4) is 0 Å². The first-order chi connectivity index (χ1) is 20.7. The fourth-order valence-electron chi connectivity index (χ4n) is 3.20. The Hall–Kier alpha value is -0.673. The number of ether oxygens (including phenoxy) is 9. The average Bonchev–Trinajstić information content (AvgIpc) is 2.96. The van der Waals surface area contributed by atoms with E-state index in [0.29, 0.717) is 119 Å². The van der Waals surface area contributed by atoms with Crippen LogP contribution < -0.4 is 0 Å². The minimum absolute atomic E-state index is 0.149. The number of unbranched alkanes of at least 4 members (excludes halogenated alkanes) is 3. The average molecular weight is 641 g/mol. The van der Waals surface area contributed by atoms with Crippen molar-refractivity contribution in [2.24, 2.45) is 0 Å². The van der Waals surface area contributed by atoms with Gasteiger partial charge in [-0.2, -0.15) is 0 Å². The third-order valence-electron chi connectivity index (χ3n) is 6.83. The second-order valence-corrected chi connectivity index (χ2v) is 16.3. The van der Waals surface area contributed by atoms with Crippen molar-refractivity contribution in [1.29, 1.82) is 0 Å². The van der Waals surface area contributed by atoms with Crippen molar-refractivity contribution in [3.63, 3.8) is 0 Å². The van der Waals surface area contributed by atoms with Gasteiger partial charge in [-0.25, -0.2) is 0 Å². The molecule has 0 aromatic heterocycles. The summed E-state index contributed by atoms with van der Waals surface area (Å²) in [6.07, 6.45) is 4.77. The van der Waals surface area contributed by atoms with Gasteiger partial charge in [-0.15, -0.1) is 0 Å². The summed E-state index contributed by atoms with van der Waals surface area (Å²) in [5, 5.41) is 0.217. The first kappa shape index (κ1) is 42.3. The molecule has 0 atom stereocenters. The Labute approximate surface area is 262 Å². The number of hydrogen-bond acceptors (Lipinski definition) is 11. The minimum Gasteiger partial charge on any atom is -0.463 e. The number of carbonyl (C=O) groups excluding carboxylic acids is 1. The summed E-state index contributed by atoms with van der Waals surface area (Å²) in [4.78, 5) is 11.5. The zero-order chi connectivity index (χ0) is 31.9. The Kier molecular flexibility index (Phi) is 29.5. The molecule has 43 heavy (non-hydrogen) atoms. The third kappa shape index (κ3) is 29.8. The molecule has 0 aliphatic carbocycles. The maximum absolute atomic E-state index is 11.5. The van der Waals surface area contributed by atoms with Gasteiger partial charge in [0, 0.05) is 6.42 Å². The van der Waals surface area contributed by atoms with Gasteiger partial charge < -0.3 is 47.1 Å². The lowest BCUT2D eigenvalue weighted by molar-refractivity contribution is -0.145. The molecule has 0 aliphatic rings. The second kappa shape index (κ2) is 30.0. The van der Waals surface area contributed by atoms with Gasteiger partial charge in [0.25, 0.3) is 0 Å². The van der Waals surface area contributed by atoms with E-state index in [-0.39, 0.29) is 17.6 Å².